The van der Waals surface area contributed by atoms with E-state index in [0.29, 0.717) is 12.1 Å². The number of nitrogens with zero attached hydrogens (tertiary/aromatic N) is 1. The van der Waals surface area contributed by atoms with E-state index in [0.717, 1.165) is 16.0 Å². The Morgan fingerprint density at radius 3 is 2.21 bits per heavy atom. The molecule has 0 aliphatic carbocycles. The second kappa shape index (κ2) is 9.34. The van der Waals surface area contributed by atoms with Gasteiger partial charge in [0.05, 0.1) is 5.69 Å². The first-order chi connectivity index (χ1) is 13.6. The largest absolute Gasteiger partial charge is 0.480 e. The van der Waals surface area contributed by atoms with Gasteiger partial charge in [0.15, 0.2) is 0 Å². The van der Waals surface area contributed by atoms with Crippen LogP contribution in [0.25, 0.3) is 0 Å². The number of fused-ring (bicyclic) bond motifs is 5. The van der Waals surface area contributed by atoms with Crippen LogP contribution in [-0.4, -0.2) is 29.1 Å². The minimum absolute atomic E-state index is 0.201. The molecule has 0 spiro atoms. The lowest BCUT2D eigenvalue weighted by atomic mass is 9.94. The molecule has 2 heterocycles. The van der Waals surface area contributed by atoms with Crippen LogP contribution >= 0.6 is 0 Å². The number of amides is 2. The van der Waals surface area contributed by atoms with Crippen LogP contribution in [0.1, 0.15) is 31.9 Å². The van der Waals surface area contributed by atoms with Crippen LogP contribution in [-0.2, 0) is 27.4 Å². The minimum atomic E-state index is -0.959. The molecule has 4 rings (SSSR count). The van der Waals surface area contributed by atoms with Gasteiger partial charge in [0.1, 0.15) is 12.6 Å². The Labute approximate surface area is 170 Å². The fourth-order valence-electron chi connectivity index (χ4n) is 2.55. The van der Waals surface area contributed by atoms with Gasteiger partial charge in [-0.15, -0.1) is 0 Å². The van der Waals surface area contributed by atoms with Crippen molar-refractivity contribution >= 4 is 23.7 Å². The van der Waals surface area contributed by atoms with Crippen molar-refractivity contribution in [1.82, 2.24) is 0 Å². The first kappa shape index (κ1) is 22.1. The summed E-state index contributed by atoms with van der Waals surface area (Å²) in [7, 11) is 0. The maximum atomic E-state index is 12.2. The summed E-state index contributed by atoms with van der Waals surface area (Å²) in [6.45, 7) is 5.52. The van der Waals surface area contributed by atoms with Crippen LogP contribution in [0, 0.1) is 5.41 Å². The highest BCUT2D eigenvalue weighted by Gasteiger charge is 2.34. The third kappa shape index (κ3) is 6.15. The molecular formula is C22H26N2O5. The Kier molecular flexibility index (Phi) is 7.12. The van der Waals surface area contributed by atoms with Crippen LogP contribution in [0.15, 0.2) is 54.6 Å². The molecule has 0 unspecified atom stereocenters. The molecule has 1 atom stereocenters. The lowest BCUT2D eigenvalue weighted by Crippen LogP contribution is -2.44. The topological polar surface area (TPSA) is 110 Å². The number of hydrogen-bond acceptors (Lipinski definition) is 5. The van der Waals surface area contributed by atoms with Gasteiger partial charge in [0, 0.05) is 5.41 Å². The second-order valence-electron chi connectivity index (χ2n) is 7.75. The Bertz CT molecular complexity index is 857. The molecule has 0 aromatic heterocycles. The quantitative estimate of drug-likeness (QED) is 0.820. The van der Waals surface area contributed by atoms with Crippen LogP contribution < -0.4 is 10.6 Å². The molecule has 2 aliphatic rings. The molecule has 2 aliphatic heterocycles. The predicted octanol–water partition coefficient (Wildman–Crippen LogP) is 3.36. The van der Waals surface area contributed by atoms with Crippen LogP contribution in [0.2, 0.25) is 0 Å². The number of carbonyl (C=O) groups excluding carboxylic acids is 2. The predicted molar refractivity (Wildman–Crippen MR) is 109 cm³/mol. The number of carboxylic acid groups (broad SMARTS) is 1. The Morgan fingerprint density at radius 1 is 1.10 bits per heavy atom. The van der Waals surface area contributed by atoms with Gasteiger partial charge < -0.3 is 15.6 Å². The number of aliphatic carboxylic acids is 1. The average molecular weight is 398 g/mol. The summed E-state index contributed by atoms with van der Waals surface area (Å²) in [5.41, 5.74) is 7.15. The van der Waals surface area contributed by atoms with Gasteiger partial charge in [0.2, 0.25) is 5.91 Å². The lowest BCUT2D eigenvalue weighted by molar-refractivity contribution is -0.138. The summed E-state index contributed by atoms with van der Waals surface area (Å²) in [5.74, 6) is -1.23. The number of imide groups is 1. The van der Waals surface area contributed by atoms with Gasteiger partial charge in [-0.3, -0.25) is 9.59 Å². The maximum absolute atomic E-state index is 12.2. The number of carbonyl (C=O) groups is 3. The molecule has 2 bridgehead atoms. The van der Waals surface area contributed by atoms with Gasteiger partial charge >= 0.3 is 12.1 Å². The van der Waals surface area contributed by atoms with Gasteiger partial charge in [-0.2, -0.15) is 0 Å². The number of anilines is 1. The molecule has 154 valence electrons. The van der Waals surface area contributed by atoms with Gasteiger partial charge in [-0.25, -0.2) is 9.69 Å². The first-order valence-corrected chi connectivity index (χ1v) is 9.22. The highest BCUT2D eigenvalue weighted by atomic mass is 16.6. The maximum Gasteiger partial charge on any atom is 0.421 e. The molecule has 2 amide bonds. The fraction of sp³-hybridized carbons (Fsp3) is 0.318. The SMILES string of the molecule is CC(C)(C)C(=O)N1C(=O)OCc2ccc1cc2.N[C@@H](Cc1ccccc1)C(=O)O. The molecular weight excluding hydrogens is 372 g/mol. The van der Waals surface area contributed by atoms with E-state index in [1.807, 2.05) is 42.5 Å². The van der Waals surface area contributed by atoms with Crippen LogP contribution in [0.4, 0.5) is 10.5 Å². The number of hydrogen-bond donors (Lipinski definition) is 2. The third-order valence-electron chi connectivity index (χ3n) is 4.20. The summed E-state index contributed by atoms with van der Waals surface area (Å²) in [6, 6.07) is 15.8. The highest BCUT2D eigenvalue weighted by molar-refractivity contribution is 6.14. The molecule has 0 fully saturated rings. The minimum Gasteiger partial charge on any atom is -0.480 e. The molecule has 2 aromatic carbocycles. The normalized spacial score (nSPS) is 14.1. The molecule has 0 saturated carbocycles. The molecule has 7 heteroatoms. The Morgan fingerprint density at radius 2 is 1.69 bits per heavy atom. The zero-order chi connectivity index (χ0) is 21.6. The van der Waals surface area contributed by atoms with Crippen molar-refractivity contribution in [2.24, 2.45) is 11.1 Å². The standard InChI is InChI=1S/C13H15NO3.C9H11NO2/c1-13(2,3)11(15)14-10-6-4-9(5-7-10)8-17-12(14)16;10-8(9(11)12)6-7-4-2-1-3-5-7/h4-7H,8H2,1-3H3;1-5,8H,6,10H2,(H,11,12)/t;8-/m.0/s1. The molecule has 3 N–H and O–H groups in total. The smallest absolute Gasteiger partial charge is 0.421 e. The average Bonchev–Trinajstić information content (AvgIpc) is 2.66. The monoisotopic (exact) mass is 398 g/mol. The lowest BCUT2D eigenvalue weighted by Gasteiger charge is -2.28. The number of benzene rings is 2. The van der Waals surface area contributed by atoms with E-state index in [2.05, 4.69) is 0 Å². The molecule has 0 saturated heterocycles. The number of nitrogens with two attached hydrogens (primary N) is 1. The van der Waals surface area contributed by atoms with Crippen molar-refractivity contribution in [2.45, 2.75) is 39.8 Å². The van der Waals surface area contributed by atoms with Crippen LogP contribution in [0.5, 0.6) is 0 Å². The van der Waals surface area contributed by atoms with E-state index in [-0.39, 0.29) is 12.5 Å². The van der Waals surface area contributed by atoms with Gasteiger partial charge in [0.25, 0.3) is 0 Å². The number of carboxylic acids is 1. The van der Waals surface area contributed by atoms with Crippen molar-refractivity contribution in [3.63, 3.8) is 0 Å². The molecule has 0 radical (unpaired) electrons. The van der Waals surface area contributed by atoms with Crippen molar-refractivity contribution < 1.29 is 24.2 Å². The first-order valence-electron chi connectivity index (χ1n) is 9.22. The fourth-order valence-corrected chi connectivity index (χ4v) is 2.55. The van der Waals surface area contributed by atoms with E-state index in [1.54, 1.807) is 32.9 Å². The zero-order valence-corrected chi connectivity index (χ0v) is 16.8. The summed E-state index contributed by atoms with van der Waals surface area (Å²) < 4.78 is 5.05. The summed E-state index contributed by atoms with van der Waals surface area (Å²) in [6.07, 6.45) is -0.220. The Hall–Kier alpha value is -3.19. The molecule has 29 heavy (non-hydrogen) atoms. The van der Waals surface area contributed by atoms with Crippen molar-refractivity contribution in [3.8, 4) is 0 Å². The number of rotatable bonds is 3. The van der Waals surface area contributed by atoms with Gasteiger partial charge in [-0.05, 0) is 29.7 Å². The van der Waals surface area contributed by atoms with Gasteiger partial charge in [-0.1, -0.05) is 63.2 Å². The van der Waals surface area contributed by atoms with E-state index in [4.69, 9.17) is 15.6 Å². The zero-order valence-electron chi connectivity index (χ0n) is 16.8. The second-order valence-corrected chi connectivity index (χ2v) is 7.75. The Balaban J connectivity index is 0.000000221. The highest BCUT2D eigenvalue weighted by Crippen LogP contribution is 2.26. The molecule has 2 aromatic rings. The van der Waals surface area contributed by atoms with E-state index >= 15 is 0 Å². The van der Waals surface area contributed by atoms with E-state index in [9.17, 15) is 14.4 Å². The van der Waals surface area contributed by atoms with E-state index in [1.165, 1.54) is 0 Å². The van der Waals surface area contributed by atoms with Crippen molar-refractivity contribution in [2.75, 3.05) is 4.90 Å². The third-order valence-corrected chi connectivity index (χ3v) is 4.20. The molecule has 7 nitrogen and oxygen atoms in total. The summed E-state index contributed by atoms with van der Waals surface area (Å²) in [5, 5.41) is 8.52. The number of ether oxygens (including phenoxy) is 1. The summed E-state index contributed by atoms with van der Waals surface area (Å²) in [4.78, 5) is 35.5. The van der Waals surface area contributed by atoms with Crippen molar-refractivity contribution in [1.29, 1.82) is 0 Å². The summed E-state index contributed by atoms with van der Waals surface area (Å²) >= 11 is 0. The van der Waals surface area contributed by atoms with E-state index < -0.39 is 23.5 Å². The van der Waals surface area contributed by atoms with Crippen molar-refractivity contribution in [3.05, 3.63) is 65.7 Å². The van der Waals surface area contributed by atoms with Crippen LogP contribution in [0.3, 0.4) is 0 Å².